The molecular formula is C17H18ClF2N. The maximum Gasteiger partial charge on any atom is 0.126 e. The van der Waals surface area contributed by atoms with E-state index >= 15 is 0 Å². The highest BCUT2D eigenvalue weighted by molar-refractivity contribution is 6.31. The van der Waals surface area contributed by atoms with Crippen LogP contribution in [0.25, 0.3) is 0 Å². The SMILES string of the molecule is CCNC(Cc1cc(F)cc(F)c1)c1ccc(C)cc1Cl. The molecule has 0 saturated heterocycles. The van der Waals surface area contributed by atoms with Crippen LogP contribution >= 0.6 is 11.6 Å². The van der Waals surface area contributed by atoms with Gasteiger partial charge in [-0.15, -0.1) is 0 Å². The van der Waals surface area contributed by atoms with Crippen molar-refractivity contribution in [3.63, 3.8) is 0 Å². The number of hydrogen-bond donors (Lipinski definition) is 1. The predicted molar refractivity (Wildman–Crippen MR) is 82.7 cm³/mol. The first-order valence-corrected chi connectivity index (χ1v) is 7.31. The molecule has 0 aliphatic heterocycles. The third-order valence-electron chi connectivity index (χ3n) is 3.34. The fourth-order valence-corrected chi connectivity index (χ4v) is 2.78. The van der Waals surface area contributed by atoms with E-state index in [1.165, 1.54) is 12.1 Å². The van der Waals surface area contributed by atoms with Crippen LogP contribution in [-0.2, 0) is 6.42 Å². The van der Waals surface area contributed by atoms with Gasteiger partial charge in [-0.05, 0) is 54.8 Å². The Morgan fingerprint density at radius 1 is 1.10 bits per heavy atom. The van der Waals surface area contributed by atoms with Crippen molar-refractivity contribution >= 4 is 11.6 Å². The fraction of sp³-hybridized carbons (Fsp3) is 0.294. The summed E-state index contributed by atoms with van der Waals surface area (Å²) in [6.45, 7) is 4.70. The van der Waals surface area contributed by atoms with Crippen LogP contribution in [0.1, 0.15) is 29.7 Å². The average molecular weight is 310 g/mol. The maximum absolute atomic E-state index is 13.3. The van der Waals surface area contributed by atoms with Crippen LogP contribution in [0.5, 0.6) is 0 Å². The summed E-state index contributed by atoms with van der Waals surface area (Å²) in [4.78, 5) is 0. The third-order valence-corrected chi connectivity index (χ3v) is 3.67. The molecule has 21 heavy (non-hydrogen) atoms. The number of nitrogens with one attached hydrogen (secondary N) is 1. The Morgan fingerprint density at radius 3 is 2.33 bits per heavy atom. The van der Waals surface area contributed by atoms with E-state index in [0.717, 1.165) is 23.7 Å². The summed E-state index contributed by atoms with van der Waals surface area (Å²) in [6, 6.07) is 9.35. The van der Waals surface area contributed by atoms with Crippen LogP contribution in [0.4, 0.5) is 8.78 Å². The maximum atomic E-state index is 13.3. The van der Waals surface area contributed by atoms with Crippen molar-refractivity contribution in [3.8, 4) is 0 Å². The van der Waals surface area contributed by atoms with Crippen molar-refractivity contribution in [1.29, 1.82) is 0 Å². The lowest BCUT2D eigenvalue weighted by Gasteiger charge is -2.20. The average Bonchev–Trinajstić information content (AvgIpc) is 2.37. The van der Waals surface area contributed by atoms with Gasteiger partial charge in [0.2, 0.25) is 0 Å². The summed E-state index contributed by atoms with van der Waals surface area (Å²) in [5, 5.41) is 3.98. The van der Waals surface area contributed by atoms with Crippen molar-refractivity contribution in [2.24, 2.45) is 0 Å². The first-order valence-electron chi connectivity index (χ1n) is 6.94. The lowest BCUT2D eigenvalue weighted by molar-refractivity contribution is 0.539. The van der Waals surface area contributed by atoms with E-state index in [0.29, 0.717) is 17.0 Å². The molecule has 1 unspecified atom stereocenters. The quantitative estimate of drug-likeness (QED) is 0.835. The zero-order chi connectivity index (χ0) is 15.4. The highest BCUT2D eigenvalue weighted by Crippen LogP contribution is 2.27. The summed E-state index contributed by atoms with van der Waals surface area (Å²) in [5.74, 6) is -1.12. The summed E-state index contributed by atoms with van der Waals surface area (Å²) < 4.78 is 26.6. The smallest absolute Gasteiger partial charge is 0.126 e. The highest BCUT2D eigenvalue weighted by atomic mass is 35.5. The number of aryl methyl sites for hydroxylation is 1. The Labute approximate surface area is 128 Å². The lowest BCUT2D eigenvalue weighted by Crippen LogP contribution is -2.23. The van der Waals surface area contributed by atoms with Gasteiger partial charge in [0.25, 0.3) is 0 Å². The van der Waals surface area contributed by atoms with Gasteiger partial charge in [0.15, 0.2) is 0 Å². The van der Waals surface area contributed by atoms with E-state index in [9.17, 15) is 8.78 Å². The van der Waals surface area contributed by atoms with Crippen molar-refractivity contribution in [2.75, 3.05) is 6.54 Å². The second-order valence-corrected chi connectivity index (χ2v) is 5.52. The molecule has 1 nitrogen and oxygen atoms in total. The predicted octanol–water partition coefficient (Wildman–Crippen LogP) is 4.82. The largest absolute Gasteiger partial charge is 0.310 e. The summed E-state index contributed by atoms with van der Waals surface area (Å²) in [5.41, 5.74) is 2.62. The fourth-order valence-electron chi connectivity index (χ4n) is 2.42. The zero-order valence-corrected chi connectivity index (χ0v) is 12.8. The van der Waals surface area contributed by atoms with Crippen molar-refractivity contribution < 1.29 is 8.78 Å². The molecule has 1 N–H and O–H groups in total. The van der Waals surface area contributed by atoms with Crippen LogP contribution in [0.3, 0.4) is 0 Å². The molecule has 2 aromatic carbocycles. The van der Waals surface area contributed by atoms with Crippen LogP contribution in [-0.4, -0.2) is 6.54 Å². The molecule has 0 aromatic heterocycles. The van der Waals surface area contributed by atoms with Gasteiger partial charge in [0.1, 0.15) is 11.6 Å². The normalized spacial score (nSPS) is 12.4. The van der Waals surface area contributed by atoms with Gasteiger partial charge in [-0.1, -0.05) is 30.7 Å². The van der Waals surface area contributed by atoms with E-state index in [4.69, 9.17) is 11.6 Å². The molecule has 0 fully saturated rings. The summed E-state index contributed by atoms with van der Waals surface area (Å²) in [6.07, 6.45) is 0.477. The number of rotatable bonds is 5. The number of benzene rings is 2. The van der Waals surface area contributed by atoms with E-state index in [1.807, 2.05) is 32.0 Å². The second kappa shape index (κ2) is 7.01. The molecule has 0 spiro atoms. The highest BCUT2D eigenvalue weighted by Gasteiger charge is 2.15. The van der Waals surface area contributed by atoms with Crippen LogP contribution in [0.15, 0.2) is 36.4 Å². The van der Waals surface area contributed by atoms with Crippen molar-refractivity contribution in [1.82, 2.24) is 5.32 Å². The lowest BCUT2D eigenvalue weighted by atomic mass is 9.97. The molecule has 112 valence electrons. The monoisotopic (exact) mass is 309 g/mol. The Morgan fingerprint density at radius 2 is 1.76 bits per heavy atom. The van der Waals surface area contributed by atoms with E-state index in [2.05, 4.69) is 5.32 Å². The van der Waals surface area contributed by atoms with Crippen LogP contribution < -0.4 is 5.32 Å². The van der Waals surface area contributed by atoms with Gasteiger partial charge < -0.3 is 5.32 Å². The van der Waals surface area contributed by atoms with Gasteiger partial charge in [-0.2, -0.15) is 0 Å². The van der Waals surface area contributed by atoms with Gasteiger partial charge in [0, 0.05) is 17.1 Å². The number of likely N-dealkylation sites (N-methyl/N-ethyl adjacent to an activating group) is 1. The van der Waals surface area contributed by atoms with E-state index < -0.39 is 11.6 Å². The van der Waals surface area contributed by atoms with Gasteiger partial charge in [-0.3, -0.25) is 0 Å². The molecule has 0 amide bonds. The molecule has 0 heterocycles. The molecule has 1 atom stereocenters. The van der Waals surface area contributed by atoms with Crippen molar-refractivity contribution in [2.45, 2.75) is 26.3 Å². The van der Waals surface area contributed by atoms with E-state index in [-0.39, 0.29) is 6.04 Å². The topological polar surface area (TPSA) is 12.0 Å². The molecule has 0 bridgehead atoms. The van der Waals surface area contributed by atoms with Crippen molar-refractivity contribution in [3.05, 3.63) is 69.7 Å². The number of halogens is 3. The molecule has 4 heteroatoms. The molecule has 0 saturated carbocycles. The first-order chi connectivity index (χ1) is 9.99. The summed E-state index contributed by atoms with van der Waals surface area (Å²) >= 11 is 6.30. The second-order valence-electron chi connectivity index (χ2n) is 5.12. The number of hydrogen-bond acceptors (Lipinski definition) is 1. The zero-order valence-electron chi connectivity index (χ0n) is 12.1. The minimum absolute atomic E-state index is 0.0794. The van der Waals surface area contributed by atoms with Crippen LogP contribution in [0, 0.1) is 18.6 Å². The molecule has 2 rings (SSSR count). The summed E-state index contributed by atoms with van der Waals surface area (Å²) in [7, 11) is 0. The molecule has 0 radical (unpaired) electrons. The molecule has 2 aromatic rings. The minimum atomic E-state index is -0.560. The van der Waals surface area contributed by atoms with Gasteiger partial charge in [0.05, 0.1) is 0 Å². The molecule has 0 aliphatic carbocycles. The first kappa shape index (κ1) is 15.9. The Hall–Kier alpha value is -1.45. The standard InChI is InChI=1S/C17H18ClF2N/c1-3-21-17(15-5-4-11(2)6-16(15)18)9-12-7-13(19)10-14(20)8-12/h4-8,10,17,21H,3,9H2,1-2H3. The Kier molecular flexibility index (Phi) is 5.32. The van der Waals surface area contributed by atoms with Crippen LogP contribution in [0.2, 0.25) is 5.02 Å². The minimum Gasteiger partial charge on any atom is -0.310 e. The third kappa shape index (κ3) is 4.26. The Balaban J connectivity index is 2.30. The van der Waals surface area contributed by atoms with Gasteiger partial charge in [-0.25, -0.2) is 8.78 Å². The molecule has 0 aliphatic rings. The Bertz CT molecular complexity index is 608. The van der Waals surface area contributed by atoms with E-state index in [1.54, 1.807) is 0 Å². The molecular weight excluding hydrogens is 292 g/mol. The van der Waals surface area contributed by atoms with Gasteiger partial charge >= 0.3 is 0 Å².